The summed E-state index contributed by atoms with van der Waals surface area (Å²) in [7, 11) is 0. The highest BCUT2D eigenvalue weighted by Gasteiger charge is 2.29. The van der Waals surface area contributed by atoms with Crippen molar-refractivity contribution in [2.24, 2.45) is 0 Å². The molecule has 1 aromatic carbocycles. The first kappa shape index (κ1) is 13.2. The number of alkyl halides is 3. The summed E-state index contributed by atoms with van der Waals surface area (Å²) in [6.45, 7) is 0.506. The third-order valence-corrected chi connectivity index (χ3v) is 2.32. The molecule has 0 spiro atoms. The second-order valence-electron chi connectivity index (χ2n) is 3.30. The summed E-state index contributed by atoms with van der Waals surface area (Å²) >= 11 is 4.05. The van der Waals surface area contributed by atoms with Gasteiger partial charge in [0, 0.05) is 0 Å². The van der Waals surface area contributed by atoms with Crippen molar-refractivity contribution in [1.82, 2.24) is 0 Å². The van der Waals surface area contributed by atoms with Gasteiger partial charge in [0.1, 0.15) is 5.75 Å². The zero-order valence-electron chi connectivity index (χ0n) is 8.63. The first-order valence-electron chi connectivity index (χ1n) is 4.95. The molecular weight excluding hydrogens is 237 g/mol. The minimum absolute atomic E-state index is 0.465. The fourth-order valence-corrected chi connectivity index (χ4v) is 1.37. The zero-order valence-corrected chi connectivity index (χ0v) is 9.52. The predicted molar refractivity (Wildman–Crippen MR) is 60.0 cm³/mol. The normalized spacial score (nSPS) is 11.5. The van der Waals surface area contributed by atoms with Gasteiger partial charge >= 0.3 is 6.18 Å². The molecule has 0 atom stereocenters. The molecule has 16 heavy (non-hydrogen) atoms. The van der Waals surface area contributed by atoms with E-state index in [4.69, 9.17) is 4.74 Å². The van der Waals surface area contributed by atoms with Crippen LogP contribution in [-0.4, -0.2) is 12.4 Å². The van der Waals surface area contributed by atoms with Gasteiger partial charge < -0.3 is 4.74 Å². The summed E-state index contributed by atoms with van der Waals surface area (Å²) in [4.78, 5) is 0. The van der Waals surface area contributed by atoms with Crippen molar-refractivity contribution in [1.29, 1.82) is 0 Å². The summed E-state index contributed by atoms with van der Waals surface area (Å²) in [6, 6.07) is 4.72. The highest BCUT2D eigenvalue weighted by molar-refractivity contribution is 7.80. The molecule has 1 rings (SSSR count). The monoisotopic (exact) mass is 250 g/mol. The molecule has 0 aromatic heterocycles. The minimum Gasteiger partial charge on any atom is -0.494 e. The van der Waals surface area contributed by atoms with Crippen LogP contribution < -0.4 is 4.74 Å². The summed E-state index contributed by atoms with van der Waals surface area (Å²) in [6.07, 6.45) is -2.50. The lowest BCUT2D eigenvalue weighted by molar-refractivity contribution is -0.137. The molecule has 0 bridgehead atoms. The van der Waals surface area contributed by atoms with E-state index in [1.807, 2.05) is 0 Å². The third kappa shape index (κ3) is 4.35. The van der Waals surface area contributed by atoms with Gasteiger partial charge in [0.2, 0.25) is 0 Å². The second-order valence-corrected chi connectivity index (χ2v) is 3.75. The Kier molecular flexibility index (Phi) is 4.99. The van der Waals surface area contributed by atoms with Crippen LogP contribution in [0, 0.1) is 0 Å². The van der Waals surface area contributed by atoms with Gasteiger partial charge in [0.05, 0.1) is 12.2 Å². The van der Waals surface area contributed by atoms with Gasteiger partial charge in [-0.2, -0.15) is 25.8 Å². The van der Waals surface area contributed by atoms with E-state index in [2.05, 4.69) is 12.6 Å². The van der Waals surface area contributed by atoms with Gasteiger partial charge in [0.25, 0.3) is 0 Å². The van der Waals surface area contributed by atoms with Gasteiger partial charge in [-0.1, -0.05) is 0 Å². The Morgan fingerprint density at radius 2 is 1.69 bits per heavy atom. The lowest BCUT2D eigenvalue weighted by Crippen LogP contribution is -2.04. The van der Waals surface area contributed by atoms with Crippen LogP contribution in [0.4, 0.5) is 13.2 Å². The molecule has 90 valence electrons. The molecule has 1 aromatic rings. The number of halogens is 3. The van der Waals surface area contributed by atoms with E-state index in [1.54, 1.807) is 0 Å². The molecule has 0 amide bonds. The van der Waals surface area contributed by atoms with Crippen LogP contribution in [0.3, 0.4) is 0 Å². The van der Waals surface area contributed by atoms with E-state index in [-0.39, 0.29) is 0 Å². The summed E-state index contributed by atoms with van der Waals surface area (Å²) in [5, 5.41) is 0. The Morgan fingerprint density at radius 3 is 2.19 bits per heavy atom. The van der Waals surface area contributed by atoms with Crippen molar-refractivity contribution >= 4 is 12.6 Å². The first-order valence-corrected chi connectivity index (χ1v) is 5.58. The molecule has 0 fully saturated rings. The maximum atomic E-state index is 12.2. The maximum absolute atomic E-state index is 12.2. The van der Waals surface area contributed by atoms with Crippen molar-refractivity contribution in [2.45, 2.75) is 19.0 Å². The number of unbranched alkanes of at least 4 members (excludes halogenated alkanes) is 1. The molecule has 0 aliphatic heterocycles. The number of hydrogen-bond donors (Lipinski definition) is 1. The molecule has 0 heterocycles. The van der Waals surface area contributed by atoms with E-state index < -0.39 is 11.7 Å². The van der Waals surface area contributed by atoms with Gasteiger partial charge in [-0.3, -0.25) is 0 Å². The fourth-order valence-electron chi connectivity index (χ4n) is 1.14. The number of thiol groups is 1. The molecule has 0 unspecified atom stereocenters. The van der Waals surface area contributed by atoms with Crippen molar-refractivity contribution < 1.29 is 17.9 Å². The molecule has 0 saturated carbocycles. The van der Waals surface area contributed by atoms with Gasteiger partial charge in [-0.25, -0.2) is 0 Å². The number of ether oxygens (including phenoxy) is 1. The highest BCUT2D eigenvalue weighted by Crippen LogP contribution is 2.30. The van der Waals surface area contributed by atoms with Crippen molar-refractivity contribution in [3.05, 3.63) is 29.8 Å². The van der Waals surface area contributed by atoms with E-state index in [1.165, 1.54) is 12.1 Å². The van der Waals surface area contributed by atoms with Gasteiger partial charge in [0.15, 0.2) is 0 Å². The molecule has 5 heteroatoms. The summed E-state index contributed by atoms with van der Waals surface area (Å²) < 4.78 is 41.9. The minimum atomic E-state index is -4.29. The molecule has 0 radical (unpaired) electrons. The standard InChI is InChI=1S/C11H13F3OS/c12-11(13,14)9-3-5-10(6-4-9)15-7-1-2-8-16/h3-6,16H,1-2,7-8H2. The van der Waals surface area contributed by atoms with E-state index in [0.717, 1.165) is 30.7 Å². The average Bonchev–Trinajstić information content (AvgIpc) is 2.24. The summed E-state index contributed by atoms with van der Waals surface area (Å²) in [5.74, 6) is 1.25. The molecule has 1 nitrogen and oxygen atoms in total. The van der Waals surface area contributed by atoms with Crippen molar-refractivity contribution in [3.8, 4) is 5.75 Å². The SMILES string of the molecule is FC(F)(F)c1ccc(OCCCCS)cc1. The van der Waals surface area contributed by atoms with Crippen LogP contribution in [0.2, 0.25) is 0 Å². The Labute approximate surface area is 98.0 Å². The Bertz CT molecular complexity index is 308. The van der Waals surface area contributed by atoms with E-state index in [9.17, 15) is 13.2 Å². The first-order chi connectivity index (χ1) is 7.54. The molecule has 0 N–H and O–H groups in total. The predicted octanol–water partition coefficient (Wildman–Crippen LogP) is 3.79. The molecular formula is C11H13F3OS. The Hall–Kier alpha value is -0.840. The summed E-state index contributed by atoms with van der Waals surface area (Å²) in [5.41, 5.74) is -0.657. The van der Waals surface area contributed by atoms with E-state index in [0.29, 0.717) is 12.4 Å². The number of benzene rings is 1. The van der Waals surface area contributed by atoms with Gasteiger partial charge in [-0.15, -0.1) is 0 Å². The van der Waals surface area contributed by atoms with Crippen LogP contribution in [0.1, 0.15) is 18.4 Å². The number of hydrogen-bond acceptors (Lipinski definition) is 2. The largest absolute Gasteiger partial charge is 0.494 e. The Morgan fingerprint density at radius 1 is 1.06 bits per heavy atom. The van der Waals surface area contributed by atoms with Crippen molar-refractivity contribution in [2.75, 3.05) is 12.4 Å². The van der Waals surface area contributed by atoms with Crippen molar-refractivity contribution in [3.63, 3.8) is 0 Å². The van der Waals surface area contributed by atoms with Crippen LogP contribution >= 0.6 is 12.6 Å². The maximum Gasteiger partial charge on any atom is 0.416 e. The van der Waals surface area contributed by atoms with Gasteiger partial charge in [-0.05, 0) is 42.9 Å². The quantitative estimate of drug-likeness (QED) is 0.618. The molecule has 0 aliphatic carbocycles. The van der Waals surface area contributed by atoms with Crippen LogP contribution in [-0.2, 0) is 6.18 Å². The average molecular weight is 250 g/mol. The van der Waals surface area contributed by atoms with E-state index >= 15 is 0 Å². The van der Waals surface area contributed by atoms with Crippen LogP contribution in [0.5, 0.6) is 5.75 Å². The van der Waals surface area contributed by atoms with Crippen LogP contribution in [0.25, 0.3) is 0 Å². The lowest BCUT2D eigenvalue weighted by Gasteiger charge is -2.08. The Balaban J connectivity index is 2.46. The zero-order chi connectivity index (χ0) is 12.0. The topological polar surface area (TPSA) is 9.23 Å². The second kappa shape index (κ2) is 6.03. The highest BCUT2D eigenvalue weighted by atomic mass is 32.1. The lowest BCUT2D eigenvalue weighted by atomic mass is 10.2. The third-order valence-electron chi connectivity index (χ3n) is 2.00. The fraction of sp³-hybridized carbons (Fsp3) is 0.455. The van der Waals surface area contributed by atoms with Crippen LogP contribution in [0.15, 0.2) is 24.3 Å². The molecule has 0 aliphatic rings. The molecule has 0 saturated heterocycles. The number of rotatable bonds is 5. The smallest absolute Gasteiger partial charge is 0.416 e.